The Kier molecular flexibility index (Phi) is 8.16. The van der Waals surface area contributed by atoms with Crippen molar-refractivity contribution in [3.05, 3.63) is 125 Å². The second kappa shape index (κ2) is 11.5. The molecule has 0 bridgehead atoms. The summed E-state index contributed by atoms with van der Waals surface area (Å²) in [6.07, 6.45) is 0. The lowest BCUT2D eigenvalue weighted by molar-refractivity contribution is 0.0786. The Morgan fingerprint density at radius 2 is 1.38 bits per heavy atom. The van der Waals surface area contributed by atoms with E-state index >= 15 is 0 Å². The molecule has 0 aromatic heterocycles. The van der Waals surface area contributed by atoms with E-state index in [9.17, 15) is 13.2 Å². The van der Waals surface area contributed by atoms with Crippen LogP contribution in [0.5, 0.6) is 5.75 Å². The number of ether oxygens (including phenoxy) is 1. The van der Waals surface area contributed by atoms with Gasteiger partial charge in [0, 0.05) is 18.6 Å². The highest BCUT2D eigenvalue weighted by molar-refractivity contribution is 7.92. The van der Waals surface area contributed by atoms with Crippen molar-refractivity contribution < 1.29 is 17.9 Å². The van der Waals surface area contributed by atoms with E-state index in [1.54, 1.807) is 60.5 Å². The number of methoxy groups -OCH3 is 1. The van der Waals surface area contributed by atoms with Crippen LogP contribution in [-0.2, 0) is 23.1 Å². The molecule has 0 saturated heterocycles. The first-order chi connectivity index (χ1) is 17.8. The van der Waals surface area contributed by atoms with Crippen LogP contribution >= 0.6 is 11.6 Å². The second-order valence-electron chi connectivity index (χ2n) is 8.48. The fourth-order valence-electron chi connectivity index (χ4n) is 3.94. The van der Waals surface area contributed by atoms with Crippen molar-refractivity contribution in [1.82, 2.24) is 4.90 Å². The first-order valence-corrected chi connectivity index (χ1v) is 13.4. The third kappa shape index (κ3) is 6.13. The van der Waals surface area contributed by atoms with E-state index in [-0.39, 0.29) is 22.9 Å². The summed E-state index contributed by atoms with van der Waals surface area (Å²) in [5.41, 5.74) is 2.28. The molecule has 6 nitrogen and oxygen atoms in total. The number of rotatable bonds is 9. The maximum Gasteiger partial charge on any atom is 0.264 e. The van der Waals surface area contributed by atoms with Crippen LogP contribution in [0, 0.1) is 0 Å². The molecule has 8 heteroatoms. The fraction of sp³-hybridized carbons (Fsp3) is 0.138. The van der Waals surface area contributed by atoms with Gasteiger partial charge in [0.25, 0.3) is 15.9 Å². The number of halogens is 1. The lowest BCUT2D eigenvalue weighted by Gasteiger charge is -2.28. The summed E-state index contributed by atoms with van der Waals surface area (Å²) in [4.78, 5) is 15.3. The fourth-order valence-corrected chi connectivity index (χ4v) is 5.53. The number of carbonyl (C=O) groups excluding carboxylic acids is 1. The summed E-state index contributed by atoms with van der Waals surface area (Å²) >= 11 is 5.99. The minimum atomic E-state index is -4.03. The zero-order valence-electron chi connectivity index (χ0n) is 20.5. The lowest BCUT2D eigenvalue weighted by Crippen LogP contribution is -2.34. The van der Waals surface area contributed by atoms with Crippen molar-refractivity contribution in [2.45, 2.75) is 18.0 Å². The number of benzene rings is 4. The number of hydrogen-bond donors (Lipinski definition) is 0. The van der Waals surface area contributed by atoms with Gasteiger partial charge in [0.1, 0.15) is 5.75 Å². The van der Waals surface area contributed by atoms with Crippen LogP contribution in [0.15, 0.2) is 108 Å². The molecule has 0 fully saturated rings. The molecule has 0 heterocycles. The van der Waals surface area contributed by atoms with Gasteiger partial charge in [-0.2, -0.15) is 0 Å². The predicted octanol–water partition coefficient (Wildman–Crippen LogP) is 6.02. The molecule has 0 radical (unpaired) electrons. The number of amides is 1. The Labute approximate surface area is 222 Å². The number of hydrogen-bond acceptors (Lipinski definition) is 4. The average Bonchev–Trinajstić information content (AvgIpc) is 2.93. The van der Waals surface area contributed by atoms with E-state index in [0.29, 0.717) is 23.0 Å². The smallest absolute Gasteiger partial charge is 0.264 e. The molecule has 0 aliphatic carbocycles. The van der Waals surface area contributed by atoms with Crippen molar-refractivity contribution >= 4 is 33.2 Å². The summed E-state index contributed by atoms with van der Waals surface area (Å²) in [5, 5.41) is 0.614. The van der Waals surface area contributed by atoms with E-state index in [0.717, 1.165) is 11.1 Å². The third-order valence-electron chi connectivity index (χ3n) is 5.90. The quantitative estimate of drug-likeness (QED) is 0.263. The molecule has 4 rings (SSSR count). The molecule has 37 heavy (non-hydrogen) atoms. The molecule has 0 atom stereocenters. The number of sulfonamides is 1. The van der Waals surface area contributed by atoms with E-state index in [4.69, 9.17) is 16.3 Å². The molecule has 0 N–H and O–H groups in total. The van der Waals surface area contributed by atoms with Gasteiger partial charge in [0.2, 0.25) is 0 Å². The number of nitrogens with zero attached hydrogens (tertiary/aromatic N) is 2. The van der Waals surface area contributed by atoms with Crippen LogP contribution in [0.25, 0.3) is 0 Å². The van der Waals surface area contributed by atoms with Crippen LogP contribution in [0.3, 0.4) is 0 Å². The van der Waals surface area contributed by atoms with Gasteiger partial charge in [-0.15, -0.1) is 0 Å². The molecule has 0 unspecified atom stereocenters. The molecule has 0 saturated carbocycles. The van der Waals surface area contributed by atoms with E-state index < -0.39 is 10.0 Å². The zero-order valence-corrected chi connectivity index (χ0v) is 22.1. The van der Waals surface area contributed by atoms with E-state index in [2.05, 4.69) is 0 Å². The summed E-state index contributed by atoms with van der Waals surface area (Å²) in [7, 11) is -0.821. The molecule has 1 amide bonds. The van der Waals surface area contributed by atoms with E-state index in [1.807, 2.05) is 42.5 Å². The van der Waals surface area contributed by atoms with Crippen LogP contribution in [-0.4, -0.2) is 33.4 Å². The van der Waals surface area contributed by atoms with Crippen molar-refractivity contribution in [3.63, 3.8) is 0 Å². The second-order valence-corrected chi connectivity index (χ2v) is 10.8. The molecule has 4 aromatic carbocycles. The van der Waals surface area contributed by atoms with Gasteiger partial charge in [-0.25, -0.2) is 8.42 Å². The Hall–Kier alpha value is -3.81. The Morgan fingerprint density at radius 1 is 0.784 bits per heavy atom. The monoisotopic (exact) mass is 534 g/mol. The Balaban J connectivity index is 1.74. The predicted molar refractivity (Wildman–Crippen MR) is 146 cm³/mol. The van der Waals surface area contributed by atoms with Crippen LogP contribution in [0.2, 0.25) is 5.02 Å². The highest BCUT2D eigenvalue weighted by Gasteiger charge is 2.29. The van der Waals surface area contributed by atoms with Gasteiger partial charge in [0.15, 0.2) is 0 Å². The van der Waals surface area contributed by atoms with Gasteiger partial charge in [-0.05, 0) is 59.7 Å². The van der Waals surface area contributed by atoms with Crippen LogP contribution < -0.4 is 9.04 Å². The van der Waals surface area contributed by atoms with Crippen LogP contribution in [0.4, 0.5) is 5.69 Å². The number of carbonyl (C=O) groups is 1. The van der Waals surface area contributed by atoms with E-state index in [1.165, 1.54) is 23.5 Å². The molecule has 0 spiro atoms. The summed E-state index contributed by atoms with van der Waals surface area (Å²) < 4.78 is 34.4. The van der Waals surface area contributed by atoms with Crippen molar-refractivity contribution in [3.8, 4) is 5.75 Å². The average molecular weight is 535 g/mol. The minimum absolute atomic E-state index is 0.0559. The van der Waals surface area contributed by atoms with Gasteiger partial charge in [0.05, 0.1) is 29.8 Å². The maximum atomic E-state index is 14.0. The largest absolute Gasteiger partial charge is 0.497 e. The number of para-hydroxylation sites is 1. The van der Waals surface area contributed by atoms with Crippen molar-refractivity contribution in [2.75, 3.05) is 18.5 Å². The van der Waals surface area contributed by atoms with Crippen molar-refractivity contribution in [2.24, 2.45) is 0 Å². The molecular formula is C29H27ClN2O4S. The maximum absolute atomic E-state index is 14.0. The molecule has 4 aromatic rings. The summed E-state index contributed by atoms with van der Waals surface area (Å²) in [6, 6.07) is 29.5. The SMILES string of the molecule is COc1ccc(S(=O)(=O)N(Cc2ccccc2)c2ccccc2C(=O)N(C)Cc2ccc(Cl)cc2)cc1. The van der Waals surface area contributed by atoms with Crippen molar-refractivity contribution in [1.29, 1.82) is 0 Å². The topological polar surface area (TPSA) is 66.9 Å². The van der Waals surface area contributed by atoms with Gasteiger partial charge >= 0.3 is 0 Å². The first-order valence-electron chi connectivity index (χ1n) is 11.6. The summed E-state index contributed by atoms with van der Waals surface area (Å²) in [6.45, 7) is 0.397. The Morgan fingerprint density at radius 3 is 2.03 bits per heavy atom. The van der Waals surface area contributed by atoms with Crippen LogP contribution in [0.1, 0.15) is 21.5 Å². The summed E-state index contributed by atoms with van der Waals surface area (Å²) in [5.74, 6) is 0.251. The molecular weight excluding hydrogens is 508 g/mol. The Bertz CT molecular complexity index is 1460. The zero-order chi connectivity index (χ0) is 26.4. The third-order valence-corrected chi connectivity index (χ3v) is 7.93. The normalized spacial score (nSPS) is 11.1. The van der Waals surface area contributed by atoms with Gasteiger partial charge in [-0.1, -0.05) is 66.2 Å². The lowest BCUT2D eigenvalue weighted by atomic mass is 10.1. The van der Waals surface area contributed by atoms with Gasteiger partial charge in [-0.3, -0.25) is 9.10 Å². The molecule has 190 valence electrons. The molecule has 0 aliphatic rings. The highest BCUT2D eigenvalue weighted by atomic mass is 35.5. The standard InChI is InChI=1S/C29H27ClN2O4S/c1-31(20-23-12-14-24(30)15-13-23)29(33)27-10-6-7-11-28(27)32(21-22-8-4-3-5-9-22)37(34,35)26-18-16-25(36-2)17-19-26/h3-19H,20-21H2,1-2H3. The highest BCUT2D eigenvalue weighted by Crippen LogP contribution is 2.31. The first kappa shape index (κ1) is 26.3. The molecule has 0 aliphatic heterocycles. The number of anilines is 1. The van der Waals surface area contributed by atoms with Gasteiger partial charge < -0.3 is 9.64 Å². The minimum Gasteiger partial charge on any atom is -0.497 e.